The first-order chi connectivity index (χ1) is 15.5. The maximum Gasteiger partial charge on any atom is 0.310 e. The summed E-state index contributed by atoms with van der Waals surface area (Å²) in [7, 11) is 1.95. The number of amides is 1. The molecule has 170 valence electrons. The topological polar surface area (TPSA) is 67.1 Å². The van der Waals surface area contributed by atoms with Crippen molar-refractivity contribution in [3.8, 4) is 0 Å². The summed E-state index contributed by atoms with van der Waals surface area (Å²) in [5, 5.41) is 6.22. The van der Waals surface area contributed by atoms with Gasteiger partial charge in [0, 0.05) is 31.9 Å². The highest BCUT2D eigenvalue weighted by atomic mass is 19.1. The molecule has 0 aliphatic carbocycles. The lowest BCUT2D eigenvalue weighted by Gasteiger charge is -2.32. The highest BCUT2D eigenvalue weighted by molar-refractivity contribution is 6.03. The molecule has 8 heteroatoms. The molecule has 1 fully saturated rings. The molecule has 4 rings (SSSR count). The van der Waals surface area contributed by atoms with Crippen LogP contribution in [-0.2, 0) is 21.4 Å². The zero-order valence-electron chi connectivity index (χ0n) is 18.5. The molecule has 0 radical (unpaired) electrons. The Hall–Kier alpha value is -3.00. The van der Waals surface area contributed by atoms with E-state index in [0.717, 1.165) is 36.4 Å². The number of benzene rings is 1. The van der Waals surface area contributed by atoms with Gasteiger partial charge in [0.2, 0.25) is 0 Å². The first kappa shape index (κ1) is 22.2. The van der Waals surface area contributed by atoms with E-state index in [4.69, 9.17) is 4.74 Å². The van der Waals surface area contributed by atoms with Crippen molar-refractivity contribution in [3.05, 3.63) is 59.7 Å². The van der Waals surface area contributed by atoms with E-state index >= 15 is 0 Å². The molecule has 0 N–H and O–H groups in total. The molecule has 32 heavy (non-hydrogen) atoms. The van der Waals surface area contributed by atoms with Gasteiger partial charge in [-0.05, 0) is 56.1 Å². The van der Waals surface area contributed by atoms with Crippen molar-refractivity contribution in [1.82, 2.24) is 14.5 Å². The molecular formula is C24H29FN4O3. The Morgan fingerprint density at radius 3 is 2.69 bits per heavy atom. The van der Waals surface area contributed by atoms with Crippen LogP contribution in [-0.4, -0.2) is 58.3 Å². The highest BCUT2D eigenvalue weighted by Crippen LogP contribution is 2.33. The van der Waals surface area contributed by atoms with Gasteiger partial charge in [-0.1, -0.05) is 12.1 Å². The number of ether oxygens (including phenoxy) is 1. The van der Waals surface area contributed by atoms with Crippen molar-refractivity contribution in [3.63, 3.8) is 0 Å². The zero-order chi connectivity index (χ0) is 22.7. The molecule has 7 nitrogen and oxygen atoms in total. The summed E-state index contributed by atoms with van der Waals surface area (Å²) < 4.78 is 20.5. The molecule has 0 unspecified atom stereocenters. The molecule has 2 aliphatic heterocycles. The second-order valence-electron chi connectivity index (χ2n) is 8.38. The second kappa shape index (κ2) is 9.65. The minimum atomic E-state index is -0.305. The van der Waals surface area contributed by atoms with Crippen LogP contribution in [0.1, 0.15) is 43.5 Å². The van der Waals surface area contributed by atoms with Crippen LogP contribution >= 0.6 is 0 Å². The van der Waals surface area contributed by atoms with Crippen LogP contribution in [0.4, 0.5) is 4.39 Å². The number of hydrogen-bond acceptors (Lipinski definition) is 5. The number of likely N-dealkylation sites (tertiary alicyclic amines) is 1. The fraction of sp³-hybridized carbons (Fsp3) is 0.458. The molecule has 2 atom stereocenters. The van der Waals surface area contributed by atoms with Gasteiger partial charge in [-0.3, -0.25) is 14.5 Å². The van der Waals surface area contributed by atoms with Crippen molar-refractivity contribution in [2.75, 3.05) is 26.2 Å². The quantitative estimate of drug-likeness (QED) is 0.648. The SMILES string of the molecule is CCOC(=O)[C@H]1CCCN(CC(=O)N2N=C(c3ccc(F)cc3)C[C@@H]2c2cccn2C)C1. The van der Waals surface area contributed by atoms with Gasteiger partial charge in [-0.2, -0.15) is 5.10 Å². The standard InChI is InChI=1S/C24H29FN4O3/c1-3-32-24(31)18-6-4-13-28(15-18)16-23(30)29-22(21-7-5-12-27(21)2)14-20(26-29)17-8-10-19(25)11-9-17/h5,7-12,18,22H,3-4,6,13-16H2,1-2H3/t18-,22+/m0/s1. The largest absolute Gasteiger partial charge is 0.466 e. The van der Waals surface area contributed by atoms with Crippen LogP contribution in [0.25, 0.3) is 0 Å². The molecule has 1 aromatic heterocycles. The monoisotopic (exact) mass is 440 g/mol. The van der Waals surface area contributed by atoms with Crippen molar-refractivity contribution in [1.29, 1.82) is 0 Å². The Morgan fingerprint density at radius 2 is 2.00 bits per heavy atom. The number of nitrogens with zero attached hydrogens (tertiary/aromatic N) is 4. The summed E-state index contributed by atoms with van der Waals surface area (Å²) in [5.41, 5.74) is 2.55. The first-order valence-electron chi connectivity index (χ1n) is 11.1. The molecule has 0 saturated carbocycles. The van der Waals surface area contributed by atoms with E-state index < -0.39 is 0 Å². The summed E-state index contributed by atoms with van der Waals surface area (Å²) in [6.45, 7) is 3.63. The number of esters is 1. The van der Waals surface area contributed by atoms with Crippen LogP contribution in [0, 0.1) is 11.7 Å². The molecule has 0 bridgehead atoms. The number of rotatable bonds is 6. The average molecular weight is 441 g/mol. The molecule has 2 aliphatic rings. The van der Waals surface area contributed by atoms with E-state index in [9.17, 15) is 14.0 Å². The Morgan fingerprint density at radius 1 is 1.22 bits per heavy atom. The molecule has 1 saturated heterocycles. The lowest BCUT2D eigenvalue weighted by atomic mass is 9.98. The average Bonchev–Trinajstić information content (AvgIpc) is 3.41. The predicted molar refractivity (Wildman–Crippen MR) is 118 cm³/mol. The van der Waals surface area contributed by atoms with Gasteiger partial charge in [-0.25, -0.2) is 9.40 Å². The Bertz CT molecular complexity index is 1000. The maximum atomic E-state index is 13.4. The van der Waals surface area contributed by atoms with E-state index in [1.165, 1.54) is 12.1 Å². The molecule has 3 heterocycles. The van der Waals surface area contributed by atoms with E-state index in [1.54, 1.807) is 24.1 Å². The lowest BCUT2D eigenvalue weighted by Crippen LogP contribution is -2.45. The Kier molecular flexibility index (Phi) is 6.69. The van der Waals surface area contributed by atoms with E-state index in [-0.39, 0.29) is 36.2 Å². The molecule has 1 amide bonds. The number of hydrogen-bond donors (Lipinski definition) is 0. The third kappa shape index (κ3) is 4.75. The number of piperidine rings is 1. The smallest absolute Gasteiger partial charge is 0.310 e. The predicted octanol–water partition coefficient (Wildman–Crippen LogP) is 3.12. The number of aryl methyl sites for hydroxylation is 1. The summed E-state index contributed by atoms with van der Waals surface area (Å²) in [6, 6.07) is 9.91. The van der Waals surface area contributed by atoms with Crippen LogP contribution in [0.2, 0.25) is 0 Å². The summed E-state index contributed by atoms with van der Waals surface area (Å²) >= 11 is 0. The number of carbonyl (C=O) groups is 2. The second-order valence-corrected chi connectivity index (χ2v) is 8.38. The molecule has 2 aromatic rings. The number of carbonyl (C=O) groups excluding carboxylic acids is 2. The fourth-order valence-corrected chi connectivity index (χ4v) is 4.52. The maximum absolute atomic E-state index is 13.4. The third-order valence-electron chi connectivity index (χ3n) is 6.15. The van der Waals surface area contributed by atoms with Crippen molar-refractivity contribution in [2.45, 2.75) is 32.2 Å². The molecule has 0 spiro atoms. The van der Waals surface area contributed by atoms with Gasteiger partial charge in [0.05, 0.1) is 24.8 Å². The van der Waals surface area contributed by atoms with Crippen LogP contribution in [0.3, 0.4) is 0 Å². The zero-order valence-corrected chi connectivity index (χ0v) is 18.5. The summed E-state index contributed by atoms with van der Waals surface area (Å²) in [4.78, 5) is 27.5. The minimum Gasteiger partial charge on any atom is -0.466 e. The Labute approximate surface area is 187 Å². The van der Waals surface area contributed by atoms with Crippen molar-refractivity contribution >= 4 is 17.6 Å². The van der Waals surface area contributed by atoms with Crippen molar-refractivity contribution in [2.24, 2.45) is 18.1 Å². The van der Waals surface area contributed by atoms with Crippen LogP contribution < -0.4 is 0 Å². The lowest BCUT2D eigenvalue weighted by molar-refractivity contribution is -0.150. The summed E-state index contributed by atoms with van der Waals surface area (Å²) in [6.07, 6.45) is 4.14. The Balaban J connectivity index is 1.52. The van der Waals surface area contributed by atoms with Gasteiger partial charge in [0.25, 0.3) is 5.91 Å². The van der Waals surface area contributed by atoms with Crippen molar-refractivity contribution < 1.29 is 18.7 Å². The molecule has 1 aromatic carbocycles. The summed E-state index contributed by atoms with van der Waals surface area (Å²) in [5.74, 6) is -0.806. The van der Waals surface area contributed by atoms with Gasteiger partial charge in [0.15, 0.2) is 0 Å². The number of hydrazone groups is 1. The van der Waals surface area contributed by atoms with E-state index in [2.05, 4.69) is 5.10 Å². The minimum absolute atomic E-state index is 0.113. The first-order valence-corrected chi connectivity index (χ1v) is 11.1. The van der Waals surface area contributed by atoms with E-state index in [0.29, 0.717) is 19.6 Å². The van der Waals surface area contributed by atoms with Gasteiger partial charge < -0.3 is 9.30 Å². The van der Waals surface area contributed by atoms with Gasteiger partial charge in [-0.15, -0.1) is 0 Å². The third-order valence-corrected chi connectivity index (χ3v) is 6.15. The van der Waals surface area contributed by atoms with E-state index in [1.807, 2.05) is 34.8 Å². The van der Waals surface area contributed by atoms with Gasteiger partial charge in [0.1, 0.15) is 11.9 Å². The van der Waals surface area contributed by atoms with Crippen LogP contribution in [0.15, 0.2) is 47.7 Å². The molecular weight excluding hydrogens is 411 g/mol. The highest BCUT2D eigenvalue weighted by Gasteiger charge is 2.36. The number of halogens is 1. The van der Waals surface area contributed by atoms with Crippen LogP contribution in [0.5, 0.6) is 0 Å². The van der Waals surface area contributed by atoms with Gasteiger partial charge >= 0.3 is 5.97 Å². The fourth-order valence-electron chi connectivity index (χ4n) is 4.52. The normalized spacial score (nSPS) is 21.5. The number of aromatic nitrogens is 1.